The molecule has 0 aliphatic carbocycles. The summed E-state index contributed by atoms with van der Waals surface area (Å²) in [5, 5.41) is 7.58. The van der Waals surface area contributed by atoms with Gasteiger partial charge in [0.2, 0.25) is 10.0 Å². The van der Waals surface area contributed by atoms with Crippen molar-refractivity contribution in [1.29, 1.82) is 0 Å². The van der Waals surface area contributed by atoms with Crippen LogP contribution < -0.4 is 10.5 Å². The number of benzene rings is 1. The highest BCUT2D eigenvalue weighted by Gasteiger charge is 2.22. The average molecular weight is 316 g/mol. The summed E-state index contributed by atoms with van der Waals surface area (Å²) in [5.41, 5.74) is -0.337. The highest BCUT2D eigenvalue weighted by molar-refractivity contribution is 7.89. The highest BCUT2D eigenvalue weighted by atomic mass is 32.2. The molecular formula is C14H21FN2O3S. The third kappa shape index (κ3) is 4.78. The first-order chi connectivity index (χ1) is 9.43. The molecule has 0 radical (unpaired) electrons. The maximum Gasteiger partial charge on any atom is 0.254 e. The van der Waals surface area contributed by atoms with Gasteiger partial charge in [-0.05, 0) is 29.5 Å². The second-order valence-electron chi connectivity index (χ2n) is 6.16. The molecule has 118 valence electrons. The lowest BCUT2D eigenvalue weighted by Crippen LogP contribution is -2.34. The molecule has 1 rings (SSSR count). The molecule has 3 N–H and O–H groups in total. The molecule has 1 aromatic rings. The molecular weight excluding hydrogens is 295 g/mol. The first-order valence-corrected chi connectivity index (χ1v) is 8.08. The molecule has 0 spiro atoms. The number of nitrogens with two attached hydrogens (primary N) is 1. The minimum absolute atomic E-state index is 0.00568. The summed E-state index contributed by atoms with van der Waals surface area (Å²) in [6, 6.07) is 2.89. The Bertz CT molecular complexity index is 636. The van der Waals surface area contributed by atoms with E-state index < -0.39 is 21.7 Å². The van der Waals surface area contributed by atoms with Crippen molar-refractivity contribution in [3.63, 3.8) is 0 Å². The Morgan fingerprint density at radius 2 is 1.95 bits per heavy atom. The SMILES string of the molecule is CC(CNC(=O)c1cc(S(N)(=O)=O)ccc1F)C(C)(C)C. The molecule has 1 aromatic carbocycles. The third-order valence-corrected chi connectivity index (χ3v) is 4.47. The highest BCUT2D eigenvalue weighted by Crippen LogP contribution is 2.24. The largest absolute Gasteiger partial charge is 0.352 e. The topological polar surface area (TPSA) is 89.3 Å². The van der Waals surface area contributed by atoms with Crippen LogP contribution in [0.25, 0.3) is 0 Å². The summed E-state index contributed by atoms with van der Waals surface area (Å²) in [5.74, 6) is -1.27. The van der Waals surface area contributed by atoms with Crippen molar-refractivity contribution in [2.24, 2.45) is 16.5 Å². The third-order valence-electron chi connectivity index (χ3n) is 3.56. The molecule has 21 heavy (non-hydrogen) atoms. The number of sulfonamides is 1. The Labute approximate surface area is 124 Å². The van der Waals surface area contributed by atoms with Crippen molar-refractivity contribution in [1.82, 2.24) is 5.32 Å². The number of carbonyl (C=O) groups excluding carboxylic acids is 1. The number of nitrogens with one attached hydrogen (secondary N) is 1. The van der Waals surface area contributed by atoms with Crippen LogP contribution in [0.4, 0.5) is 4.39 Å². The average Bonchev–Trinajstić information content (AvgIpc) is 2.33. The van der Waals surface area contributed by atoms with Gasteiger partial charge in [0.1, 0.15) is 5.82 Å². The first kappa shape index (κ1) is 17.6. The van der Waals surface area contributed by atoms with Crippen LogP contribution in [0.2, 0.25) is 0 Å². The zero-order chi connectivity index (χ0) is 16.4. The number of rotatable bonds is 4. The van der Waals surface area contributed by atoms with Gasteiger partial charge in [0.15, 0.2) is 0 Å². The van der Waals surface area contributed by atoms with Crippen molar-refractivity contribution >= 4 is 15.9 Å². The van der Waals surface area contributed by atoms with Crippen molar-refractivity contribution in [3.05, 3.63) is 29.6 Å². The van der Waals surface area contributed by atoms with Gasteiger partial charge in [0.25, 0.3) is 5.91 Å². The van der Waals surface area contributed by atoms with Gasteiger partial charge in [-0.25, -0.2) is 17.9 Å². The van der Waals surface area contributed by atoms with Crippen LogP contribution in [0.5, 0.6) is 0 Å². The Kier molecular flexibility index (Phi) is 5.11. The second kappa shape index (κ2) is 6.11. The zero-order valence-electron chi connectivity index (χ0n) is 12.6. The predicted octanol–water partition coefficient (Wildman–Crippen LogP) is 1.89. The fourth-order valence-corrected chi connectivity index (χ4v) is 2.04. The Morgan fingerprint density at radius 1 is 1.38 bits per heavy atom. The molecule has 1 unspecified atom stereocenters. The fraction of sp³-hybridized carbons (Fsp3) is 0.500. The molecule has 0 saturated heterocycles. The minimum atomic E-state index is -3.98. The smallest absolute Gasteiger partial charge is 0.254 e. The van der Waals surface area contributed by atoms with E-state index in [1.165, 1.54) is 0 Å². The van der Waals surface area contributed by atoms with Crippen LogP contribution in [0.3, 0.4) is 0 Å². The Hall–Kier alpha value is -1.47. The monoisotopic (exact) mass is 316 g/mol. The van der Waals surface area contributed by atoms with Crippen molar-refractivity contribution in [3.8, 4) is 0 Å². The van der Waals surface area contributed by atoms with E-state index in [9.17, 15) is 17.6 Å². The maximum atomic E-state index is 13.7. The lowest BCUT2D eigenvalue weighted by atomic mass is 9.82. The molecule has 0 heterocycles. The van der Waals surface area contributed by atoms with Crippen LogP contribution in [-0.4, -0.2) is 20.9 Å². The molecule has 1 atom stereocenters. The summed E-state index contributed by atoms with van der Waals surface area (Å²) in [4.78, 5) is 11.7. The molecule has 0 aliphatic heterocycles. The summed E-state index contributed by atoms with van der Waals surface area (Å²) < 4.78 is 36.2. The number of hydrogen-bond donors (Lipinski definition) is 2. The van der Waals surface area contributed by atoms with Crippen molar-refractivity contribution in [2.75, 3.05) is 6.54 Å². The van der Waals surface area contributed by atoms with Gasteiger partial charge in [0.05, 0.1) is 10.5 Å². The van der Waals surface area contributed by atoms with E-state index in [1.807, 2.05) is 27.7 Å². The van der Waals surface area contributed by atoms with E-state index in [2.05, 4.69) is 5.32 Å². The summed E-state index contributed by atoms with van der Waals surface area (Å²) >= 11 is 0. The first-order valence-electron chi connectivity index (χ1n) is 6.53. The van der Waals surface area contributed by atoms with Crippen molar-refractivity contribution in [2.45, 2.75) is 32.6 Å². The number of hydrogen-bond acceptors (Lipinski definition) is 3. The summed E-state index contributed by atoms with van der Waals surface area (Å²) in [7, 11) is -3.98. The maximum absolute atomic E-state index is 13.7. The Balaban J connectivity index is 2.93. The molecule has 0 fully saturated rings. The van der Waals surface area contributed by atoms with E-state index in [4.69, 9.17) is 5.14 Å². The van der Waals surface area contributed by atoms with Crippen LogP contribution in [0.15, 0.2) is 23.1 Å². The van der Waals surface area contributed by atoms with E-state index in [1.54, 1.807) is 0 Å². The predicted molar refractivity (Wildman–Crippen MR) is 78.7 cm³/mol. The molecule has 0 saturated carbocycles. The molecule has 1 amide bonds. The standard InChI is InChI=1S/C14H21FN2O3S/c1-9(14(2,3)4)8-17-13(18)11-7-10(21(16,19)20)5-6-12(11)15/h5-7,9H,8H2,1-4H3,(H,17,18)(H2,16,19,20). The van der Waals surface area contributed by atoms with E-state index in [0.717, 1.165) is 18.2 Å². The number of halogens is 1. The second-order valence-corrected chi connectivity index (χ2v) is 7.73. The van der Waals surface area contributed by atoms with Crippen LogP contribution >= 0.6 is 0 Å². The van der Waals surface area contributed by atoms with Crippen LogP contribution in [-0.2, 0) is 10.0 Å². The molecule has 5 nitrogen and oxygen atoms in total. The van der Waals surface area contributed by atoms with Gasteiger partial charge in [-0.1, -0.05) is 27.7 Å². The summed E-state index contributed by atoms with van der Waals surface area (Å²) in [6.07, 6.45) is 0. The van der Waals surface area contributed by atoms with Crippen molar-refractivity contribution < 1.29 is 17.6 Å². The molecule has 0 aromatic heterocycles. The number of primary sulfonamides is 1. The van der Waals surface area contributed by atoms with Crippen LogP contribution in [0, 0.1) is 17.2 Å². The number of amides is 1. The van der Waals surface area contributed by atoms with Gasteiger partial charge >= 0.3 is 0 Å². The lowest BCUT2D eigenvalue weighted by molar-refractivity contribution is 0.0933. The summed E-state index contributed by atoms with van der Waals surface area (Å²) in [6.45, 7) is 8.43. The molecule has 0 aliphatic rings. The van der Waals surface area contributed by atoms with E-state index in [0.29, 0.717) is 6.54 Å². The van der Waals surface area contributed by atoms with Gasteiger partial charge in [-0.2, -0.15) is 0 Å². The van der Waals surface area contributed by atoms with E-state index in [-0.39, 0.29) is 21.8 Å². The Morgan fingerprint density at radius 3 is 2.43 bits per heavy atom. The molecule has 7 heteroatoms. The van der Waals surface area contributed by atoms with E-state index >= 15 is 0 Å². The van der Waals surface area contributed by atoms with Gasteiger partial charge in [0, 0.05) is 6.54 Å². The zero-order valence-corrected chi connectivity index (χ0v) is 13.4. The van der Waals surface area contributed by atoms with Gasteiger partial charge in [-0.15, -0.1) is 0 Å². The van der Waals surface area contributed by atoms with Gasteiger partial charge in [-0.3, -0.25) is 4.79 Å². The minimum Gasteiger partial charge on any atom is -0.352 e. The fourth-order valence-electron chi connectivity index (χ4n) is 1.50. The van der Waals surface area contributed by atoms with Crippen LogP contribution in [0.1, 0.15) is 38.1 Å². The molecule has 0 bridgehead atoms. The quantitative estimate of drug-likeness (QED) is 0.889. The normalized spacial score (nSPS) is 13.8. The number of carbonyl (C=O) groups is 1. The van der Waals surface area contributed by atoms with Gasteiger partial charge < -0.3 is 5.32 Å². The lowest BCUT2D eigenvalue weighted by Gasteiger charge is -2.27.